The van der Waals surface area contributed by atoms with Crippen LogP contribution in [0, 0.1) is 0 Å². The number of carbonyl (C=O) groups excluding carboxylic acids is 1. The molecule has 0 saturated carbocycles. The van der Waals surface area contributed by atoms with Gasteiger partial charge in [0.1, 0.15) is 5.75 Å². The van der Waals surface area contributed by atoms with Crippen LogP contribution in [0.2, 0.25) is 0 Å². The number of carbonyl (C=O) groups is 1. The van der Waals surface area contributed by atoms with Crippen molar-refractivity contribution in [1.29, 1.82) is 0 Å². The first-order valence-electron chi connectivity index (χ1n) is 9.86. The maximum absolute atomic E-state index is 12.3. The molecule has 1 aliphatic carbocycles. The molecule has 2 N–H and O–H groups in total. The Balaban J connectivity index is 1.23. The van der Waals surface area contributed by atoms with Crippen molar-refractivity contribution in [3.63, 3.8) is 0 Å². The summed E-state index contributed by atoms with van der Waals surface area (Å²) in [7, 11) is 0. The van der Waals surface area contributed by atoms with E-state index in [0.29, 0.717) is 12.2 Å². The quantitative estimate of drug-likeness (QED) is 0.855. The maximum Gasteiger partial charge on any atom is 0.225 e. The van der Waals surface area contributed by atoms with Gasteiger partial charge in [-0.05, 0) is 54.7 Å². The number of phenolic OH excluding ortho intramolecular Hbond substituents is 1. The average Bonchev–Trinajstić information content (AvgIpc) is 3.15. The van der Waals surface area contributed by atoms with E-state index in [-0.39, 0.29) is 5.91 Å². The monoisotopic (exact) mass is 365 g/mol. The van der Waals surface area contributed by atoms with Gasteiger partial charge in [0.15, 0.2) is 0 Å². The SMILES string of the molecule is O=C(CCN1CCN(c2ccccc2O)CC1)Nc1ccc2c(c1)CCC2. The number of benzene rings is 2. The molecule has 4 rings (SSSR count). The van der Waals surface area contributed by atoms with Gasteiger partial charge in [-0.3, -0.25) is 9.69 Å². The van der Waals surface area contributed by atoms with Gasteiger partial charge in [0.2, 0.25) is 5.91 Å². The van der Waals surface area contributed by atoms with E-state index in [1.165, 1.54) is 17.5 Å². The van der Waals surface area contributed by atoms with Crippen LogP contribution < -0.4 is 10.2 Å². The standard InChI is InChI=1S/C22H27N3O2/c26-21-7-2-1-6-20(21)25-14-12-24(13-15-25)11-10-22(27)23-19-9-8-17-4-3-5-18(17)16-19/h1-2,6-9,16,26H,3-5,10-15H2,(H,23,27). The van der Waals surface area contributed by atoms with Crippen molar-refractivity contribution in [3.05, 3.63) is 53.6 Å². The molecule has 0 unspecified atom stereocenters. The number of amides is 1. The summed E-state index contributed by atoms with van der Waals surface area (Å²) in [5.41, 5.74) is 4.62. The Morgan fingerprint density at radius 3 is 2.59 bits per heavy atom. The van der Waals surface area contributed by atoms with Crippen LogP contribution in [0.25, 0.3) is 0 Å². The zero-order valence-electron chi connectivity index (χ0n) is 15.7. The van der Waals surface area contributed by atoms with Crippen molar-refractivity contribution in [2.24, 2.45) is 0 Å². The van der Waals surface area contributed by atoms with Gasteiger partial charge < -0.3 is 15.3 Å². The number of rotatable bonds is 5. The number of para-hydroxylation sites is 2. The van der Waals surface area contributed by atoms with Crippen LogP contribution in [0.4, 0.5) is 11.4 Å². The Hall–Kier alpha value is -2.53. The van der Waals surface area contributed by atoms with Gasteiger partial charge in [0, 0.05) is 44.8 Å². The Morgan fingerprint density at radius 1 is 1.00 bits per heavy atom. The number of aryl methyl sites for hydroxylation is 2. The van der Waals surface area contributed by atoms with Gasteiger partial charge in [-0.25, -0.2) is 0 Å². The van der Waals surface area contributed by atoms with Gasteiger partial charge in [-0.2, -0.15) is 0 Å². The third kappa shape index (κ3) is 4.25. The van der Waals surface area contributed by atoms with E-state index >= 15 is 0 Å². The molecular formula is C22H27N3O2. The van der Waals surface area contributed by atoms with Gasteiger partial charge >= 0.3 is 0 Å². The fourth-order valence-corrected chi connectivity index (χ4v) is 4.08. The lowest BCUT2D eigenvalue weighted by Crippen LogP contribution is -2.47. The number of nitrogens with zero attached hydrogens (tertiary/aromatic N) is 2. The zero-order valence-corrected chi connectivity index (χ0v) is 15.7. The first kappa shape index (κ1) is 17.9. The maximum atomic E-state index is 12.3. The minimum Gasteiger partial charge on any atom is -0.506 e. The minimum atomic E-state index is 0.0797. The number of anilines is 2. The summed E-state index contributed by atoms with van der Waals surface area (Å²) in [6.07, 6.45) is 4.02. The number of nitrogens with one attached hydrogen (secondary N) is 1. The van der Waals surface area contributed by atoms with Crippen molar-refractivity contribution >= 4 is 17.3 Å². The molecule has 1 fully saturated rings. The summed E-state index contributed by atoms with van der Waals surface area (Å²) in [5.74, 6) is 0.413. The summed E-state index contributed by atoms with van der Waals surface area (Å²) >= 11 is 0. The highest BCUT2D eigenvalue weighted by Gasteiger charge is 2.19. The fraction of sp³-hybridized carbons (Fsp3) is 0.409. The number of piperazine rings is 1. The van der Waals surface area contributed by atoms with Gasteiger partial charge in [0.25, 0.3) is 0 Å². The van der Waals surface area contributed by atoms with Gasteiger partial charge in [-0.1, -0.05) is 18.2 Å². The predicted molar refractivity (Wildman–Crippen MR) is 108 cm³/mol. The average molecular weight is 365 g/mol. The zero-order chi connectivity index (χ0) is 18.6. The lowest BCUT2D eigenvalue weighted by atomic mass is 10.1. The van der Waals surface area contributed by atoms with Crippen LogP contribution in [0.5, 0.6) is 5.75 Å². The Kier molecular flexibility index (Phi) is 5.30. The van der Waals surface area contributed by atoms with E-state index < -0.39 is 0 Å². The molecule has 2 aliphatic rings. The third-order valence-electron chi connectivity index (χ3n) is 5.63. The molecule has 2 aromatic carbocycles. The van der Waals surface area contributed by atoms with Crippen LogP contribution in [0.3, 0.4) is 0 Å². The number of hydrogen-bond acceptors (Lipinski definition) is 4. The molecule has 27 heavy (non-hydrogen) atoms. The normalized spacial score (nSPS) is 17.0. The van der Waals surface area contributed by atoms with E-state index in [1.54, 1.807) is 6.07 Å². The first-order chi connectivity index (χ1) is 13.2. The summed E-state index contributed by atoms with van der Waals surface area (Å²) in [5, 5.41) is 13.0. The third-order valence-corrected chi connectivity index (χ3v) is 5.63. The van der Waals surface area contributed by atoms with Gasteiger partial charge in [-0.15, -0.1) is 0 Å². The molecule has 0 spiro atoms. The molecule has 1 amide bonds. The molecule has 0 aromatic heterocycles. The van der Waals surface area contributed by atoms with Crippen LogP contribution >= 0.6 is 0 Å². The van der Waals surface area contributed by atoms with Crippen molar-refractivity contribution in [1.82, 2.24) is 4.90 Å². The molecule has 0 atom stereocenters. The second kappa shape index (κ2) is 8.01. The molecule has 1 aliphatic heterocycles. The number of aromatic hydroxyl groups is 1. The molecule has 0 bridgehead atoms. The van der Waals surface area contributed by atoms with E-state index in [1.807, 2.05) is 24.3 Å². The highest BCUT2D eigenvalue weighted by molar-refractivity contribution is 5.91. The lowest BCUT2D eigenvalue weighted by molar-refractivity contribution is -0.116. The second-order valence-electron chi connectivity index (χ2n) is 7.45. The first-order valence-corrected chi connectivity index (χ1v) is 9.86. The predicted octanol–water partition coefficient (Wildman–Crippen LogP) is 3.03. The summed E-state index contributed by atoms with van der Waals surface area (Å²) in [6.45, 7) is 4.31. The van der Waals surface area contributed by atoms with E-state index in [0.717, 1.165) is 56.9 Å². The molecule has 5 heteroatoms. The Bertz CT molecular complexity index is 813. The summed E-state index contributed by atoms with van der Waals surface area (Å²) < 4.78 is 0. The highest BCUT2D eigenvalue weighted by atomic mass is 16.3. The van der Waals surface area contributed by atoms with Crippen LogP contribution in [0.15, 0.2) is 42.5 Å². The van der Waals surface area contributed by atoms with Gasteiger partial charge in [0.05, 0.1) is 5.69 Å². The van der Waals surface area contributed by atoms with Crippen LogP contribution in [-0.4, -0.2) is 48.6 Å². The molecular weight excluding hydrogens is 338 g/mol. The van der Waals surface area contributed by atoms with E-state index in [4.69, 9.17) is 0 Å². The van der Waals surface area contributed by atoms with Crippen LogP contribution in [0.1, 0.15) is 24.0 Å². The van der Waals surface area contributed by atoms with E-state index in [2.05, 4.69) is 27.2 Å². The lowest BCUT2D eigenvalue weighted by Gasteiger charge is -2.36. The number of hydrogen-bond donors (Lipinski definition) is 2. The number of phenols is 1. The molecule has 142 valence electrons. The van der Waals surface area contributed by atoms with Crippen molar-refractivity contribution < 1.29 is 9.90 Å². The topological polar surface area (TPSA) is 55.8 Å². The molecule has 1 saturated heterocycles. The molecule has 1 heterocycles. The van der Waals surface area contributed by atoms with Crippen LogP contribution in [-0.2, 0) is 17.6 Å². The van der Waals surface area contributed by atoms with Crippen molar-refractivity contribution in [2.75, 3.05) is 42.9 Å². The number of fused-ring (bicyclic) bond motifs is 1. The van der Waals surface area contributed by atoms with Crippen molar-refractivity contribution in [3.8, 4) is 5.75 Å². The smallest absolute Gasteiger partial charge is 0.225 e. The summed E-state index contributed by atoms with van der Waals surface area (Å²) in [4.78, 5) is 16.8. The van der Waals surface area contributed by atoms with Crippen molar-refractivity contribution in [2.45, 2.75) is 25.7 Å². The fourth-order valence-electron chi connectivity index (χ4n) is 4.08. The Morgan fingerprint density at radius 2 is 1.78 bits per heavy atom. The minimum absolute atomic E-state index is 0.0797. The molecule has 0 radical (unpaired) electrons. The molecule has 5 nitrogen and oxygen atoms in total. The summed E-state index contributed by atoms with van der Waals surface area (Å²) in [6, 6.07) is 13.8. The largest absolute Gasteiger partial charge is 0.506 e. The Labute approximate surface area is 160 Å². The highest BCUT2D eigenvalue weighted by Crippen LogP contribution is 2.27. The van der Waals surface area contributed by atoms with E-state index in [9.17, 15) is 9.90 Å². The second-order valence-corrected chi connectivity index (χ2v) is 7.45. The molecule has 2 aromatic rings.